The van der Waals surface area contributed by atoms with Gasteiger partial charge in [0.1, 0.15) is 0 Å². The van der Waals surface area contributed by atoms with Crippen molar-refractivity contribution in [1.82, 2.24) is 14.3 Å². The van der Waals surface area contributed by atoms with E-state index in [1.807, 2.05) is 61.5 Å². The van der Waals surface area contributed by atoms with Crippen molar-refractivity contribution in [2.24, 2.45) is 12.1 Å². The van der Waals surface area contributed by atoms with E-state index in [0.717, 1.165) is 28.0 Å². The van der Waals surface area contributed by atoms with Crippen LogP contribution in [0.15, 0.2) is 82.7 Å². The first-order valence-corrected chi connectivity index (χ1v) is 11.6. The third-order valence-corrected chi connectivity index (χ3v) is 6.50. The summed E-state index contributed by atoms with van der Waals surface area (Å²) in [6, 6.07) is 25.5. The molecule has 35 heavy (non-hydrogen) atoms. The molecule has 0 aliphatic carbocycles. The number of hydrogen-bond acceptors (Lipinski definition) is 5. The van der Waals surface area contributed by atoms with Gasteiger partial charge in [0.15, 0.2) is 0 Å². The summed E-state index contributed by atoms with van der Waals surface area (Å²) in [6.07, 6.45) is 0. The van der Waals surface area contributed by atoms with Crippen LogP contribution in [0.3, 0.4) is 0 Å². The fourth-order valence-electron chi connectivity index (χ4n) is 4.38. The van der Waals surface area contributed by atoms with E-state index in [1.54, 1.807) is 18.1 Å². The first kappa shape index (κ1) is 22.6. The van der Waals surface area contributed by atoms with Gasteiger partial charge < -0.3 is 0 Å². The van der Waals surface area contributed by atoms with Crippen molar-refractivity contribution in [2.45, 2.75) is 19.4 Å². The molecule has 0 N–H and O–H groups in total. The van der Waals surface area contributed by atoms with Crippen LogP contribution in [0.25, 0.3) is 0 Å². The molecule has 1 aromatic heterocycles. The summed E-state index contributed by atoms with van der Waals surface area (Å²) >= 11 is 6.11. The third kappa shape index (κ3) is 4.36. The minimum Gasteiger partial charge on any atom is -0.263 e. The van der Waals surface area contributed by atoms with Crippen molar-refractivity contribution in [2.75, 3.05) is 11.6 Å². The first-order chi connectivity index (χ1) is 16.9. The molecule has 3 aromatic carbocycles. The Morgan fingerprint density at radius 1 is 1.09 bits per heavy atom. The summed E-state index contributed by atoms with van der Waals surface area (Å²) in [7, 11) is 1.71. The molecular weight excluding hydrogens is 460 g/mol. The van der Waals surface area contributed by atoms with E-state index in [9.17, 15) is 10.1 Å². The van der Waals surface area contributed by atoms with E-state index in [2.05, 4.69) is 23.3 Å². The molecule has 1 aliphatic heterocycles. The number of nitriles is 1. The van der Waals surface area contributed by atoms with Crippen molar-refractivity contribution >= 4 is 23.3 Å². The van der Waals surface area contributed by atoms with Crippen LogP contribution < -0.4 is 10.7 Å². The molecule has 0 fully saturated rings. The molecule has 2 heterocycles. The highest BCUT2D eigenvalue weighted by Gasteiger charge is 2.32. The maximum absolute atomic E-state index is 13.0. The number of anilines is 1. The van der Waals surface area contributed by atoms with Gasteiger partial charge in [0.05, 0.1) is 30.4 Å². The molecule has 1 unspecified atom stereocenters. The second-order valence-corrected chi connectivity index (χ2v) is 9.03. The van der Waals surface area contributed by atoms with Crippen LogP contribution in [0, 0.1) is 18.3 Å². The summed E-state index contributed by atoms with van der Waals surface area (Å²) in [6.45, 7) is 2.75. The second-order valence-electron chi connectivity index (χ2n) is 8.60. The lowest BCUT2D eigenvalue weighted by Crippen LogP contribution is -2.25. The minimum atomic E-state index is -0.228. The quantitative estimate of drug-likeness (QED) is 0.420. The second kappa shape index (κ2) is 9.24. The highest BCUT2D eigenvalue weighted by atomic mass is 35.5. The molecule has 4 aromatic rings. The molecule has 5 rings (SSSR count). The van der Waals surface area contributed by atoms with Gasteiger partial charge in [0, 0.05) is 18.0 Å². The van der Waals surface area contributed by atoms with Gasteiger partial charge in [-0.05, 0) is 47.4 Å². The topological polar surface area (TPSA) is 79.2 Å². The Kier molecular flexibility index (Phi) is 5.98. The van der Waals surface area contributed by atoms with Crippen LogP contribution in [0.4, 0.5) is 5.95 Å². The fourth-order valence-corrected chi connectivity index (χ4v) is 4.51. The van der Waals surface area contributed by atoms with Gasteiger partial charge in [0.2, 0.25) is 5.95 Å². The summed E-state index contributed by atoms with van der Waals surface area (Å²) < 4.78 is 2.95. The van der Waals surface area contributed by atoms with E-state index < -0.39 is 0 Å². The lowest BCUT2D eigenvalue weighted by molar-refractivity contribution is 0.645. The molecule has 0 amide bonds. The van der Waals surface area contributed by atoms with Crippen molar-refractivity contribution < 1.29 is 0 Å². The normalized spacial score (nSPS) is 15.2. The smallest absolute Gasteiger partial charge is 0.263 e. The van der Waals surface area contributed by atoms with Crippen LogP contribution in [0.5, 0.6) is 0 Å². The van der Waals surface area contributed by atoms with Gasteiger partial charge in [-0.1, -0.05) is 66.2 Å². The Hall–Kier alpha value is -4.15. The predicted molar refractivity (Wildman–Crippen MR) is 137 cm³/mol. The summed E-state index contributed by atoms with van der Waals surface area (Å²) in [4.78, 5) is 13.0. The van der Waals surface area contributed by atoms with Crippen molar-refractivity contribution in [3.8, 4) is 6.07 Å². The number of aromatic nitrogens is 3. The molecule has 0 saturated carbocycles. The molecule has 1 aliphatic rings. The van der Waals surface area contributed by atoms with Crippen LogP contribution in [-0.2, 0) is 13.6 Å². The maximum atomic E-state index is 13.0. The zero-order valence-corrected chi connectivity index (χ0v) is 20.1. The largest absolute Gasteiger partial charge is 0.347 e. The lowest BCUT2D eigenvalue weighted by Gasteiger charge is -2.15. The molecule has 0 bridgehead atoms. The summed E-state index contributed by atoms with van der Waals surface area (Å²) in [5.41, 5.74) is 5.19. The molecule has 0 saturated heterocycles. The molecule has 174 valence electrons. The van der Waals surface area contributed by atoms with Crippen LogP contribution in [0.2, 0.25) is 5.02 Å². The van der Waals surface area contributed by atoms with Gasteiger partial charge in [-0.2, -0.15) is 10.4 Å². The van der Waals surface area contributed by atoms with Gasteiger partial charge in [-0.15, -0.1) is 5.10 Å². The Balaban J connectivity index is 1.51. The van der Waals surface area contributed by atoms with Gasteiger partial charge in [0.25, 0.3) is 0 Å². The molecule has 1 atom stereocenters. The number of hydrazone groups is 1. The first-order valence-electron chi connectivity index (χ1n) is 11.2. The number of halogens is 1. The van der Waals surface area contributed by atoms with Crippen LogP contribution in [-0.4, -0.2) is 26.6 Å². The van der Waals surface area contributed by atoms with E-state index in [0.29, 0.717) is 29.6 Å². The number of rotatable bonds is 5. The highest BCUT2D eigenvalue weighted by Crippen LogP contribution is 2.31. The minimum absolute atomic E-state index is 0.0128. The number of aryl methyl sites for hydroxylation is 1. The number of benzene rings is 3. The average Bonchev–Trinajstić information content (AvgIpc) is 3.42. The lowest BCUT2D eigenvalue weighted by atomic mass is 9.91. The predicted octanol–water partition coefficient (Wildman–Crippen LogP) is 4.47. The molecule has 0 spiro atoms. The molecule has 0 radical (unpaired) electrons. The maximum Gasteiger partial charge on any atom is 0.347 e. The Morgan fingerprint density at radius 2 is 1.83 bits per heavy atom. The van der Waals surface area contributed by atoms with Gasteiger partial charge in [-0.25, -0.2) is 14.5 Å². The zero-order chi connectivity index (χ0) is 24.5. The molecular formula is C27H23ClN6O. The fraction of sp³-hybridized carbons (Fsp3) is 0.185. The molecule has 7 nitrogen and oxygen atoms in total. The zero-order valence-electron chi connectivity index (χ0n) is 19.4. The molecule has 8 heteroatoms. The van der Waals surface area contributed by atoms with E-state index in [-0.39, 0.29) is 11.6 Å². The Morgan fingerprint density at radius 3 is 2.51 bits per heavy atom. The van der Waals surface area contributed by atoms with Crippen molar-refractivity contribution in [1.29, 1.82) is 5.26 Å². The van der Waals surface area contributed by atoms with Crippen LogP contribution in [0.1, 0.15) is 33.7 Å². The van der Waals surface area contributed by atoms with Crippen molar-refractivity contribution in [3.05, 3.63) is 116 Å². The summed E-state index contributed by atoms with van der Waals surface area (Å²) in [5, 5.41) is 21.2. The number of nitrogens with zero attached hydrogens (tertiary/aromatic N) is 6. The van der Waals surface area contributed by atoms with Crippen LogP contribution >= 0.6 is 11.6 Å². The number of hydrogen-bond donors (Lipinski definition) is 0. The standard InChI is InChI=1S/C27H23ClN6O/c1-18-14-19(8-9-22(18)15-29)16-34-27(35)32(2)26(31-34)33-17-24(20-6-4-3-5-7-20)25(30-33)21-10-12-23(28)13-11-21/h3-14,24H,16-17H2,1-2H3. The average molecular weight is 483 g/mol. The Bertz CT molecular complexity index is 1510. The van der Waals surface area contributed by atoms with Crippen molar-refractivity contribution in [3.63, 3.8) is 0 Å². The third-order valence-electron chi connectivity index (χ3n) is 6.25. The Labute approximate surface area is 208 Å². The van der Waals surface area contributed by atoms with E-state index >= 15 is 0 Å². The SMILES string of the molecule is Cc1cc(Cn2nc(N3CC(c4ccccc4)C(c4ccc(Cl)cc4)=N3)n(C)c2=O)ccc1C#N. The van der Waals surface area contributed by atoms with Gasteiger partial charge in [-0.3, -0.25) is 4.57 Å². The highest BCUT2D eigenvalue weighted by molar-refractivity contribution is 6.30. The summed E-state index contributed by atoms with van der Waals surface area (Å²) in [5.74, 6) is 0.490. The monoisotopic (exact) mass is 482 g/mol. The van der Waals surface area contributed by atoms with E-state index in [4.69, 9.17) is 16.7 Å². The van der Waals surface area contributed by atoms with Gasteiger partial charge >= 0.3 is 5.69 Å². The van der Waals surface area contributed by atoms with E-state index in [1.165, 1.54) is 9.25 Å².